The molecule has 1 aromatic carbocycles. The van der Waals surface area contributed by atoms with Gasteiger partial charge in [-0.3, -0.25) is 9.20 Å². The maximum absolute atomic E-state index is 13.0. The number of imidazole rings is 1. The Labute approximate surface area is 217 Å². The van der Waals surface area contributed by atoms with Crippen molar-refractivity contribution in [3.8, 4) is 11.3 Å². The quantitative estimate of drug-likeness (QED) is 0.395. The number of alkyl halides is 3. The Kier molecular flexibility index (Phi) is 5.45. The lowest BCUT2D eigenvalue weighted by atomic mass is 10.1. The highest BCUT2D eigenvalue weighted by atomic mass is 19.4. The topological polar surface area (TPSA) is 137 Å². The number of nitrogen functional groups attached to an aromatic ring is 1. The number of pyridine rings is 1. The van der Waals surface area contributed by atoms with Crippen molar-refractivity contribution < 1.29 is 32.2 Å². The van der Waals surface area contributed by atoms with Crippen LogP contribution >= 0.6 is 0 Å². The number of benzene rings is 1. The summed E-state index contributed by atoms with van der Waals surface area (Å²) in [6.07, 6.45) is 1.85. The maximum atomic E-state index is 13.0. The van der Waals surface area contributed by atoms with E-state index >= 15 is 0 Å². The number of halogens is 3. The number of hydrogen-bond donors (Lipinski definition) is 2. The molecular weight excluding hydrogens is 519 g/mol. The molecule has 5 heterocycles. The molecular formula is C25H16F3N7O4. The molecule has 4 aromatic rings. The second-order valence-corrected chi connectivity index (χ2v) is 8.42. The predicted octanol–water partition coefficient (Wildman–Crippen LogP) is 4.27. The van der Waals surface area contributed by atoms with Gasteiger partial charge in [-0.25, -0.2) is 24.6 Å². The highest BCUT2D eigenvalue weighted by Gasteiger charge is 2.32. The molecule has 3 N–H and O–H groups in total. The van der Waals surface area contributed by atoms with Crippen molar-refractivity contribution in [1.29, 1.82) is 0 Å². The van der Waals surface area contributed by atoms with E-state index in [1.54, 1.807) is 22.7 Å². The van der Waals surface area contributed by atoms with Gasteiger partial charge in [-0.1, -0.05) is 12.1 Å². The van der Waals surface area contributed by atoms with Crippen LogP contribution in [-0.2, 0) is 15.7 Å². The van der Waals surface area contributed by atoms with Crippen LogP contribution in [0.25, 0.3) is 22.5 Å². The molecule has 196 valence electrons. The van der Waals surface area contributed by atoms with Gasteiger partial charge in [0.2, 0.25) is 0 Å². The van der Waals surface area contributed by atoms with Gasteiger partial charge in [0, 0.05) is 29.7 Å². The SMILES string of the molecule is Nc1nccn2c(C3=CN4C(=O)OCC4=CO3)nc(-c3ccc(C(=O)Nc4cc(C(F)(F)F)ccn4)cc3)c12. The fraction of sp³-hybridized carbons (Fsp3) is 0.0800. The van der Waals surface area contributed by atoms with Gasteiger partial charge in [-0.15, -0.1) is 0 Å². The molecule has 2 aliphatic rings. The molecule has 3 aromatic heterocycles. The molecule has 2 aliphatic heterocycles. The van der Waals surface area contributed by atoms with Gasteiger partial charge in [0.05, 0.1) is 11.8 Å². The zero-order chi connectivity index (χ0) is 27.3. The summed E-state index contributed by atoms with van der Waals surface area (Å²) in [4.78, 5) is 38.6. The molecule has 39 heavy (non-hydrogen) atoms. The van der Waals surface area contributed by atoms with E-state index in [1.807, 2.05) is 0 Å². The molecule has 0 spiro atoms. The van der Waals surface area contributed by atoms with Crippen LogP contribution in [0.2, 0.25) is 0 Å². The number of amides is 2. The number of nitrogens with one attached hydrogen (secondary N) is 1. The van der Waals surface area contributed by atoms with Gasteiger partial charge < -0.3 is 20.5 Å². The van der Waals surface area contributed by atoms with Gasteiger partial charge in [0.15, 0.2) is 11.6 Å². The number of nitrogens with two attached hydrogens (primary N) is 1. The molecule has 0 atom stereocenters. The van der Waals surface area contributed by atoms with Crippen molar-refractivity contribution in [3.05, 3.63) is 90.1 Å². The number of anilines is 2. The second-order valence-electron chi connectivity index (χ2n) is 8.42. The summed E-state index contributed by atoms with van der Waals surface area (Å²) in [6.45, 7) is 0.0941. The zero-order valence-corrected chi connectivity index (χ0v) is 19.6. The number of carbonyl (C=O) groups is 2. The molecule has 0 bridgehead atoms. The summed E-state index contributed by atoms with van der Waals surface area (Å²) < 4.78 is 51.3. The molecule has 14 heteroatoms. The number of nitrogens with zero attached hydrogens (tertiary/aromatic N) is 5. The third-order valence-electron chi connectivity index (χ3n) is 5.97. The third kappa shape index (κ3) is 4.27. The van der Waals surface area contributed by atoms with E-state index in [1.165, 1.54) is 35.7 Å². The number of fused-ring (bicyclic) bond motifs is 2. The van der Waals surface area contributed by atoms with Crippen molar-refractivity contribution in [2.24, 2.45) is 0 Å². The van der Waals surface area contributed by atoms with Crippen molar-refractivity contribution in [2.75, 3.05) is 17.7 Å². The van der Waals surface area contributed by atoms with E-state index in [4.69, 9.17) is 15.2 Å². The fourth-order valence-electron chi connectivity index (χ4n) is 4.09. The number of rotatable bonds is 4. The highest BCUT2D eigenvalue weighted by Crippen LogP contribution is 2.34. The molecule has 11 nitrogen and oxygen atoms in total. The average Bonchev–Trinajstić information content (AvgIpc) is 3.50. The van der Waals surface area contributed by atoms with Crippen molar-refractivity contribution in [3.63, 3.8) is 0 Å². The van der Waals surface area contributed by atoms with Crippen LogP contribution in [0.15, 0.2) is 73.1 Å². The van der Waals surface area contributed by atoms with Crippen LogP contribution in [0.1, 0.15) is 21.7 Å². The number of hydrogen-bond acceptors (Lipinski definition) is 8. The fourth-order valence-corrected chi connectivity index (χ4v) is 4.09. The van der Waals surface area contributed by atoms with E-state index in [-0.39, 0.29) is 29.6 Å². The van der Waals surface area contributed by atoms with Gasteiger partial charge in [-0.05, 0) is 24.3 Å². The van der Waals surface area contributed by atoms with E-state index in [0.29, 0.717) is 28.3 Å². The first-order chi connectivity index (χ1) is 18.7. The van der Waals surface area contributed by atoms with Crippen molar-refractivity contribution in [2.45, 2.75) is 6.18 Å². The van der Waals surface area contributed by atoms with Crippen molar-refractivity contribution >= 4 is 34.9 Å². The Hall–Kier alpha value is -5.40. The van der Waals surface area contributed by atoms with Gasteiger partial charge in [0.25, 0.3) is 5.91 Å². The van der Waals surface area contributed by atoms with Crippen LogP contribution in [0.4, 0.5) is 29.6 Å². The lowest BCUT2D eigenvalue weighted by molar-refractivity contribution is -0.137. The Morgan fingerprint density at radius 3 is 2.67 bits per heavy atom. The predicted molar refractivity (Wildman–Crippen MR) is 130 cm³/mol. The number of cyclic esters (lactones) is 1. The second kappa shape index (κ2) is 8.86. The van der Waals surface area contributed by atoms with E-state index < -0.39 is 23.7 Å². The summed E-state index contributed by atoms with van der Waals surface area (Å²) in [5.74, 6) is -0.111. The molecule has 0 unspecified atom stereocenters. The van der Waals surface area contributed by atoms with E-state index in [9.17, 15) is 22.8 Å². The van der Waals surface area contributed by atoms with Crippen LogP contribution in [0, 0.1) is 0 Å². The first-order valence-electron chi connectivity index (χ1n) is 11.3. The highest BCUT2D eigenvalue weighted by molar-refractivity contribution is 6.04. The smallest absolute Gasteiger partial charge is 0.418 e. The van der Waals surface area contributed by atoms with E-state index in [0.717, 1.165) is 18.3 Å². The van der Waals surface area contributed by atoms with Crippen LogP contribution < -0.4 is 11.1 Å². The van der Waals surface area contributed by atoms with Crippen LogP contribution in [-0.4, -0.2) is 42.9 Å². The Balaban J connectivity index is 1.31. The Morgan fingerprint density at radius 1 is 1.10 bits per heavy atom. The molecule has 0 aliphatic carbocycles. The summed E-state index contributed by atoms with van der Waals surface area (Å²) >= 11 is 0. The maximum Gasteiger partial charge on any atom is 0.418 e. The molecule has 0 radical (unpaired) electrons. The average molecular weight is 535 g/mol. The van der Waals surface area contributed by atoms with Gasteiger partial charge in [-0.2, -0.15) is 13.2 Å². The third-order valence-corrected chi connectivity index (χ3v) is 5.97. The van der Waals surface area contributed by atoms with Crippen LogP contribution in [0.3, 0.4) is 0 Å². The van der Waals surface area contributed by atoms with Crippen LogP contribution in [0.5, 0.6) is 0 Å². The zero-order valence-electron chi connectivity index (χ0n) is 19.6. The van der Waals surface area contributed by atoms with E-state index in [2.05, 4.69) is 20.3 Å². The minimum Gasteiger partial charge on any atom is -0.458 e. The summed E-state index contributed by atoms with van der Waals surface area (Å²) in [7, 11) is 0. The number of aromatic nitrogens is 4. The minimum atomic E-state index is -4.57. The summed E-state index contributed by atoms with van der Waals surface area (Å²) in [5.41, 5.74) is 7.41. The Bertz CT molecular complexity index is 1710. The monoisotopic (exact) mass is 535 g/mol. The summed E-state index contributed by atoms with van der Waals surface area (Å²) in [5, 5.41) is 2.37. The molecule has 1 saturated heterocycles. The Morgan fingerprint density at radius 2 is 1.90 bits per heavy atom. The first-order valence-corrected chi connectivity index (χ1v) is 11.3. The number of ether oxygens (including phenoxy) is 2. The first kappa shape index (κ1) is 24.0. The lowest BCUT2D eigenvalue weighted by Crippen LogP contribution is -2.20. The van der Waals surface area contributed by atoms with Gasteiger partial charge in [0.1, 0.15) is 41.4 Å². The van der Waals surface area contributed by atoms with Crippen molar-refractivity contribution in [1.82, 2.24) is 24.3 Å². The molecule has 0 saturated carbocycles. The molecule has 2 amide bonds. The molecule has 1 fully saturated rings. The minimum absolute atomic E-state index is 0.0941. The number of carbonyl (C=O) groups excluding carboxylic acids is 2. The van der Waals surface area contributed by atoms with Gasteiger partial charge >= 0.3 is 12.3 Å². The normalized spacial score (nSPS) is 14.8. The summed E-state index contributed by atoms with van der Waals surface area (Å²) in [6, 6.07) is 7.76. The standard InChI is InChI=1S/C25H16F3N7O4/c26-25(27,28)15-5-6-30-18(9-15)32-23(36)14-3-1-13(2-4-14)19-20-21(29)31-7-8-34(20)22(33-19)17-10-35-16(11-38-17)12-39-24(35)37/h1-11H,12H2,(H2,29,31)(H,30,32,36). The largest absolute Gasteiger partial charge is 0.458 e. The molecule has 6 rings (SSSR count). The lowest BCUT2D eigenvalue weighted by Gasteiger charge is -2.17.